The maximum atomic E-state index is 12.9. The van der Waals surface area contributed by atoms with Crippen LogP contribution in [0, 0.1) is 13.8 Å². The van der Waals surface area contributed by atoms with Crippen LogP contribution >= 0.6 is 15.9 Å². The van der Waals surface area contributed by atoms with Crippen molar-refractivity contribution in [1.29, 1.82) is 0 Å². The van der Waals surface area contributed by atoms with Crippen LogP contribution in [-0.4, -0.2) is 21.9 Å². The van der Waals surface area contributed by atoms with Gasteiger partial charge in [0.25, 0.3) is 5.91 Å². The van der Waals surface area contributed by atoms with E-state index in [4.69, 9.17) is 4.74 Å². The Hall–Kier alpha value is -2.34. The highest BCUT2D eigenvalue weighted by atomic mass is 79.9. The summed E-state index contributed by atoms with van der Waals surface area (Å²) in [4.78, 5) is 17.4. The van der Waals surface area contributed by atoms with E-state index in [0.29, 0.717) is 11.4 Å². The van der Waals surface area contributed by atoms with Gasteiger partial charge in [-0.1, -0.05) is 26.2 Å². The predicted octanol–water partition coefficient (Wildman–Crippen LogP) is 5.93. The number of rotatable bonds is 8. The van der Waals surface area contributed by atoms with Gasteiger partial charge in [0, 0.05) is 16.4 Å². The van der Waals surface area contributed by atoms with Crippen LogP contribution in [0.2, 0.25) is 0 Å². The topological polar surface area (TPSA) is 55.6 Å². The molecule has 1 N–H and O–H groups in total. The number of amides is 1. The number of pyridine rings is 1. The van der Waals surface area contributed by atoms with Crippen LogP contribution in [0.15, 0.2) is 41.0 Å². The Morgan fingerprint density at radius 3 is 2.64 bits per heavy atom. The molecule has 3 rings (SSSR count). The normalized spacial score (nSPS) is 11.0. The van der Waals surface area contributed by atoms with E-state index >= 15 is 0 Å². The number of carbonyl (C=O) groups is 1. The van der Waals surface area contributed by atoms with Crippen molar-refractivity contribution in [3.8, 4) is 5.75 Å². The summed E-state index contributed by atoms with van der Waals surface area (Å²) in [5.74, 6) is 0.635. The molecule has 0 radical (unpaired) electrons. The number of halogens is 1. The molecule has 3 aromatic rings. The summed E-state index contributed by atoms with van der Waals surface area (Å²) in [6, 6.07) is 9.48. The smallest absolute Gasteiger partial charge is 0.274 e. The number of ether oxygens (including phenoxy) is 1. The Balaban J connectivity index is 1.68. The Morgan fingerprint density at radius 2 is 1.93 bits per heavy atom. The molecule has 0 unspecified atom stereocenters. The lowest BCUT2D eigenvalue weighted by molar-refractivity contribution is 0.102. The number of imidazole rings is 1. The average molecular weight is 444 g/mol. The molecule has 0 saturated carbocycles. The fourth-order valence-electron chi connectivity index (χ4n) is 3.20. The lowest BCUT2D eigenvalue weighted by Crippen LogP contribution is -2.15. The zero-order chi connectivity index (χ0) is 20.1. The molecule has 148 valence electrons. The molecule has 1 aromatic carbocycles. The lowest BCUT2D eigenvalue weighted by atomic mass is 10.2. The van der Waals surface area contributed by atoms with Crippen molar-refractivity contribution in [3.63, 3.8) is 0 Å². The molecular weight excluding hydrogens is 418 g/mol. The van der Waals surface area contributed by atoms with Crippen LogP contribution in [-0.2, 0) is 0 Å². The van der Waals surface area contributed by atoms with Crippen LogP contribution < -0.4 is 10.1 Å². The van der Waals surface area contributed by atoms with Crippen LogP contribution in [0.3, 0.4) is 0 Å². The second kappa shape index (κ2) is 9.24. The summed E-state index contributed by atoms with van der Waals surface area (Å²) in [7, 11) is 0. The van der Waals surface area contributed by atoms with Crippen molar-refractivity contribution in [2.75, 3.05) is 11.9 Å². The number of fused-ring (bicyclic) bond motifs is 1. The van der Waals surface area contributed by atoms with Gasteiger partial charge in [-0.2, -0.15) is 0 Å². The number of hydrogen-bond donors (Lipinski definition) is 1. The van der Waals surface area contributed by atoms with Crippen molar-refractivity contribution < 1.29 is 9.53 Å². The molecule has 1 amide bonds. The summed E-state index contributed by atoms with van der Waals surface area (Å²) >= 11 is 3.49. The third kappa shape index (κ3) is 4.73. The molecule has 0 aliphatic heterocycles. The third-order valence-electron chi connectivity index (χ3n) is 4.64. The molecule has 0 spiro atoms. The van der Waals surface area contributed by atoms with Gasteiger partial charge in [-0.25, -0.2) is 4.98 Å². The van der Waals surface area contributed by atoms with Crippen LogP contribution in [0.4, 0.5) is 5.69 Å². The average Bonchev–Trinajstić information content (AvgIpc) is 2.99. The highest BCUT2D eigenvalue weighted by Crippen LogP contribution is 2.22. The van der Waals surface area contributed by atoms with Crippen molar-refractivity contribution in [3.05, 3.63) is 58.0 Å². The first-order chi connectivity index (χ1) is 13.5. The second-order valence-corrected chi connectivity index (χ2v) is 7.88. The molecule has 0 aliphatic carbocycles. The van der Waals surface area contributed by atoms with Crippen LogP contribution in [0.5, 0.6) is 5.75 Å². The number of nitrogens with zero attached hydrogens (tertiary/aromatic N) is 2. The Kier molecular flexibility index (Phi) is 6.73. The zero-order valence-electron chi connectivity index (χ0n) is 16.6. The molecule has 2 heterocycles. The maximum Gasteiger partial charge on any atom is 0.274 e. The van der Waals surface area contributed by atoms with E-state index in [-0.39, 0.29) is 5.91 Å². The van der Waals surface area contributed by atoms with Crippen molar-refractivity contribution in [1.82, 2.24) is 9.38 Å². The van der Waals surface area contributed by atoms with Gasteiger partial charge in [-0.3, -0.25) is 9.20 Å². The highest BCUT2D eigenvalue weighted by Gasteiger charge is 2.18. The fraction of sp³-hybridized carbons (Fsp3) is 0.364. The molecule has 2 aromatic heterocycles. The predicted molar refractivity (Wildman–Crippen MR) is 116 cm³/mol. The molecule has 0 atom stereocenters. The number of aryl methyl sites for hydroxylation is 2. The maximum absolute atomic E-state index is 12.9. The minimum absolute atomic E-state index is 0.185. The minimum Gasteiger partial charge on any atom is -0.494 e. The number of carbonyl (C=O) groups excluding carboxylic acids is 1. The zero-order valence-corrected chi connectivity index (χ0v) is 18.2. The quantitative estimate of drug-likeness (QED) is 0.439. The Labute approximate surface area is 174 Å². The van der Waals surface area contributed by atoms with Gasteiger partial charge in [0.05, 0.1) is 12.3 Å². The molecule has 5 nitrogen and oxygen atoms in total. The summed E-state index contributed by atoms with van der Waals surface area (Å²) in [6.45, 7) is 6.75. The van der Waals surface area contributed by atoms with E-state index in [1.165, 1.54) is 19.3 Å². The van der Waals surface area contributed by atoms with Gasteiger partial charge in [0.1, 0.15) is 17.1 Å². The number of hydrogen-bond acceptors (Lipinski definition) is 3. The van der Waals surface area contributed by atoms with Crippen molar-refractivity contribution in [2.45, 2.75) is 46.5 Å². The molecule has 0 bridgehead atoms. The number of unbranched alkanes of at least 4 members (excludes halogenated alkanes) is 3. The Morgan fingerprint density at radius 1 is 1.18 bits per heavy atom. The molecule has 0 aliphatic rings. The number of benzene rings is 1. The van der Waals surface area contributed by atoms with Crippen LogP contribution in [0.1, 0.15) is 54.4 Å². The second-order valence-electron chi connectivity index (χ2n) is 6.97. The van der Waals surface area contributed by atoms with Crippen molar-refractivity contribution >= 4 is 33.2 Å². The number of aromatic nitrogens is 2. The van der Waals surface area contributed by atoms with E-state index in [1.807, 2.05) is 54.8 Å². The Bertz CT molecular complexity index is 964. The molecule has 6 heteroatoms. The summed E-state index contributed by atoms with van der Waals surface area (Å²) < 4.78 is 8.49. The van der Waals surface area contributed by atoms with E-state index in [9.17, 15) is 4.79 Å². The highest BCUT2D eigenvalue weighted by molar-refractivity contribution is 9.10. The van der Waals surface area contributed by atoms with Gasteiger partial charge >= 0.3 is 0 Å². The monoisotopic (exact) mass is 443 g/mol. The SMILES string of the molecule is CCCCCCOc1ccc(NC(=O)c2c(C)nc3c(C)cc(Br)cn23)cc1. The minimum atomic E-state index is -0.185. The van der Waals surface area contributed by atoms with Gasteiger partial charge in [-0.05, 0) is 72.1 Å². The van der Waals surface area contributed by atoms with E-state index in [0.717, 1.165) is 40.1 Å². The first-order valence-corrected chi connectivity index (χ1v) is 10.5. The van der Waals surface area contributed by atoms with E-state index < -0.39 is 0 Å². The molecule has 0 fully saturated rings. The van der Waals surface area contributed by atoms with E-state index in [1.54, 1.807) is 0 Å². The van der Waals surface area contributed by atoms with Gasteiger partial charge in [-0.15, -0.1) is 0 Å². The number of anilines is 1. The molecule has 28 heavy (non-hydrogen) atoms. The first-order valence-electron chi connectivity index (χ1n) is 9.68. The summed E-state index contributed by atoms with van der Waals surface area (Å²) in [6.07, 6.45) is 6.59. The van der Waals surface area contributed by atoms with E-state index in [2.05, 4.69) is 33.2 Å². The third-order valence-corrected chi connectivity index (χ3v) is 5.07. The standard InChI is InChI=1S/C22H26BrN3O2/c1-4-5-6-7-12-28-19-10-8-18(9-11-19)25-22(27)20-16(3)24-21-15(2)13-17(23)14-26(20)21/h8-11,13-14H,4-7,12H2,1-3H3,(H,25,27). The summed E-state index contributed by atoms with van der Waals surface area (Å²) in [5.41, 5.74) is 3.76. The fourth-order valence-corrected chi connectivity index (χ4v) is 3.75. The molecular formula is C22H26BrN3O2. The summed E-state index contributed by atoms with van der Waals surface area (Å²) in [5, 5.41) is 2.96. The van der Waals surface area contributed by atoms with Gasteiger partial charge in [0.2, 0.25) is 0 Å². The van der Waals surface area contributed by atoms with Crippen LogP contribution in [0.25, 0.3) is 5.65 Å². The number of nitrogens with one attached hydrogen (secondary N) is 1. The lowest BCUT2D eigenvalue weighted by Gasteiger charge is -2.09. The largest absolute Gasteiger partial charge is 0.494 e. The van der Waals surface area contributed by atoms with Gasteiger partial charge in [0.15, 0.2) is 0 Å². The molecule has 0 saturated heterocycles. The van der Waals surface area contributed by atoms with Gasteiger partial charge < -0.3 is 10.1 Å². The van der Waals surface area contributed by atoms with Crippen molar-refractivity contribution in [2.24, 2.45) is 0 Å². The first kappa shape index (κ1) is 20.4.